The van der Waals surface area contributed by atoms with Crippen LogP contribution in [0, 0.1) is 11.8 Å². The number of anilines is 3. The second-order valence-corrected chi connectivity index (χ2v) is 8.51. The Morgan fingerprint density at radius 1 is 0.941 bits per heavy atom. The molecule has 0 saturated carbocycles. The van der Waals surface area contributed by atoms with Crippen molar-refractivity contribution in [2.45, 2.75) is 12.8 Å². The van der Waals surface area contributed by atoms with E-state index in [1.54, 1.807) is 18.3 Å². The Bertz CT molecular complexity index is 1220. The van der Waals surface area contributed by atoms with Gasteiger partial charge in [0.1, 0.15) is 11.6 Å². The Hall–Kier alpha value is -3.90. The van der Waals surface area contributed by atoms with Crippen LogP contribution < -0.4 is 15.5 Å². The summed E-state index contributed by atoms with van der Waals surface area (Å²) in [4.78, 5) is 15.8. The Balaban J connectivity index is 1.29. The van der Waals surface area contributed by atoms with E-state index in [0.717, 1.165) is 63.7 Å². The van der Waals surface area contributed by atoms with E-state index in [0.29, 0.717) is 22.9 Å². The highest BCUT2D eigenvalue weighted by Crippen LogP contribution is 2.31. The molecule has 4 heterocycles. The van der Waals surface area contributed by atoms with Crippen molar-refractivity contribution < 1.29 is 5.11 Å². The van der Waals surface area contributed by atoms with Crippen molar-refractivity contribution in [1.82, 2.24) is 25.1 Å². The molecule has 3 N–H and O–H groups in total. The van der Waals surface area contributed by atoms with Crippen LogP contribution in [-0.4, -0.2) is 76.0 Å². The van der Waals surface area contributed by atoms with Crippen molar-refractivity contribution >= 4 is 17.3 Å². The fourth-order valence-corrected chi connectivity index (χ4v) is 4.21. The van der Waals surface area contributed by atoms with Crippen LogP contribution in [-0.2, 0) is 0 Å². The number of nitrogens with two attached hydrogens (primary N) is 1. The number of rotatable bonds is 4. The third kappa shape index (κ3) is 4.87. The molecule has 2 fully saturated rings. The summed E-state index contributed by atoms with van der Waals surface area (Å²) < 4.78 is 0. The molecule has 2 aromatic heterocycles. The summed E-state index contributed by atoms with van der Waals surface area (Å²) >= 11 is 0. The topological polar surface area (TPSA) is 108 Å². The zero-order chi connectivity index (χ0) is 23.3. The van der Waals surface area contributed by atoms with Gasteiger partial charge in [-0.15, -0.1) is 10.2 Å². The van der Waals surface area contributed by atoms with E-state index >= 15 is 0 Å². The number of hydrogen-bond acceptors (Lipinski definition) is 9. The number of benzene rings is 1. The second-order valence-electron chi connectivity index (χ2n) is 8.51. The van der Waals surface area contributed by atoms with Crippen LogP contribution in [0.4, 0.5) is 17.3 Å². The Morgan fingerprint density at radius 3 is 2.56 bits per heavy atom. The standard InChI is InChI=1S/C25H28N8O/c26-25-21(18-20(29-30-25)19-6-1-2-7-22(19)34)32-14-5-15-33(17-16-32)24-9-10-27-23(28-24)8-3-11-31-12-4-13-31/h1-2,6-7,9-10,18,34H,4-5,11-17H2,(H2,26,30). The van der Waals surface area contributed by atoms with Crippen molar-refractivity contribution in [1.29, 1.82) is 0 Å². The lowest BCUT2D eigenvalue weighted by Crippen LogP contribution is -2.37. The number of hydrogen-bond donors (Lipinski definition) is 2. The van der Waals surface area contributed by atoms with Crippen LogP contribution in [0.5, 0.6) is 5.75 Å². The van der Waals surface area contributed by atoms with E-state index in [4.69, 9.17) is 5.73 Å². The van der Waals surface area contributed by atoms with Gasteiger partial charge in [-0.1, -0.05) is 18.1 Å². The van der Waals surface area contributed by atoms with Gasteiger partial charge in [0.15, 0.2) is 5.82 Å². The molecule has 34 heavy (non-hydrogen) atoms. The van der Waals surface area contributed by atoms with Crippen molar-refractivity contribution in [3.05, 3.63) is 48.4 Å². The minimum Gasteiger partial charge on any atom is -0.507 e. The van der Waals surface area contributed by atoms with Crippen LogP contribution in [0.3, 0.4) is 0 Å². The summed E-state index contributed by atoms with van der Waals surface area (Å²) in [5.41, 5.74) is 8.27. The normalized spacial score (nSPS) is 16.4. The number of nitrogen functional groups attached to an aromatic ring is 1. The molecule has 174 valence electrons. The third-order valence-electron chi connectivity index (χ3n) is 6.23. The van der Waals surface area contributed by atoms with Gasteiger partial charge < -0.3 is 20.6 Å². The number of nitrogens with zero attached hydrogens (tertiary/aromatic N) is 7. The van der Waals surface area contributed by atoms with E-state index in [9.17, 15) is 5.11 Å². The van der Waals surface area contributed by atoms with E-state index in [1.165, 1.54) is 6.42 Å². The summed E-state index contributed by atoms with van der Waals surface area (Å²) in [5.74, 6) is 8.29. The van der Waals surface area contributed by atoms with Crippen LogP contribution in [0.1, 0.15) is 18.7 Å². The van der Waals surface area contributed by atoms with Gasteiger partial charge >= 0.3 is 0 Å². The van der Waals surface area contributed by atoms with Gasteiger partial charge in [-0.2, -0.15) is 0 Å². The van der Waals surface area contributed by atoms with Gasteiger partial charge in [0.25, 0.3) is 0 Å². The lowest BCUT2D eigenvalue weighted by Gasteiger charge is -2.28. The van der Waals surface area contributed by atoms with Crippen molar-refractivity contribution in [3.8, 4) is 28.8 Å². The molecule has 0 atom stereocenters. The quantitative estimate of drug-likeness (QED) is 0.570. The molecule has 2 saturated heterocycles. The van der Waals surface area contributed by atoms with E-state index in [2.05, 4.69) is 46.7 Å². The maximum absolute atomic E-state index is 10.2. The van der Waals surface area contributed by atoms with Gasteiger partial charge in [0.05, 0.1) is 17.9 Å². The predicted octanol–water partition coefficient (Wildman–Crippen LogP) is 2.00. The molecular formula is C25H28N8O. The summed E-state index contributed by atoms with van der Waals surface area (Å²) in [5, 5.41) is 18.6. The van der Waals surface area contributed by atoms with Gasteiger partial charge in [0, 0.05) is 51.0 Å². The molecule has 0 aliphatic carbocycles. The summed E-state index contributed by atoms with van der Waals surface area (Å²) in [6.07, 6.45) is 3.98. The summed E-state index contributed by atoms with van der Waals surface area (Å²) in [6.45, 7) is 6.29. The molecule has 0 bridgehead atoms. The number of phenols is 1. The fraction of sp³-hybridized carbons (Fsp3) is 0.360. The molecule has 3 aromatic rings. The molecule has 2 aliphatic rings. The van der Waals surface area contributed by atoms with Gasteiger partial charge in [-0.3, -0.25) is 4.90 Å². The van der Waals surface area contributed by atoms with Gasteiger partial charge in [-0.05, 0) is 43.0 Å². The van der Waals surface area contributed by atoms with Crippen molar-refractivity contribution in [2.75, 3.05) is 61.3 Å². The molecule has 0 radical (unpaired) electrons. The molecule has 0 amide bonds. The minimum absolute atomic E-state index is 0.169. The second kappa shape index (κ2) is 9.93. The molecule has 1 aromatic carbocycles. The molecule has 9 heteroatoms. The molecule has 2 aliphatic heterocycles. The minimum atomic E-state index is 0.169. The Labute approximate surface area is 199 Å². The zero-order valence-corrected chi connectivity index (χ0v) is 19.1. The lowest BCUT2D eigenvalue weighted by molar-refractivity contribution is 0.207. The largest absolute Gasteiger partial charge is 0.507 e. The number of aromatic hydroxyl groups is 1. The lowest BCUT2D eigenvalue weighted by atomic mass is 10.1. The van der Waals surface area contributed by atoms with E-state index < -0.39 is 0 Å². The van der Waals surface area contributed by atoms with Crippen molar-refractivity contribution in [3.63, 3.8) is 0 Å². The first-order chi connectivity index (χ1) is 16.7. The zero-order valence-electron chi connectivity index (χ0n) is 19.1. The number of phenolic OH excluding ortho intramolecular Hbond substituents is 1. The maximum Gasteiger partial charge on any atom is 0.206 e. The fourth-order valence-electron chi connectivity index (χ4n) is 4.21. The van der Waals surface area contributed by atoms with Gasteiger partial charge in [-0.25, -0.2) is 9.97 Å². The highest BCUT2D eigenvalue weighted by Gasteiger charge is 2.20. The first-order valence-electron chi connectivity index (χ1n) is 11.6. The van der Waals surface area contributed by atoms with Crippen LogP contribution in [0.15, 0.2) is 42.6 Å². The molecule has 5 rings (SSSR count). The average molecular weight is 457 g/mol. The first-order valence-corrected chi connectivity index (χ1v) is 11.6. The maximum atomic E-state index is 10.2. The Kier molecular flexibility index (Phi) is 6.40. The van der Waals surface area contributed by atoms with E-state index in [1.807, 2.05) is 24.3 Å². The highest BCUT2D eigenvalue weighted by molar-refractivity contribution is 5.74. The van der Waals surface area contributed by atoms with Crippen LogP contribution in [0.2, 0.25) is 0 Å². The predicted molar refractivity (Wildman–Crippen MR) is 133 cm³/mol. The molecule has 9 nitrogen and oxygen atoms in total. The SMILES string of the molecule is Nc1nnc(-c2ccccc2O)cc1N1CCCN(c2ccnc(C#CCN3CCC3)n2)CC1. The summed E-state index contributed by atoms with van der Waals surface area (Å²) in [6, 6.07) is 11.0. The number of likely N-dealkylation sites (tertiary alicyclic amines) is 1. The molecule has 0 spiro atoms. The van der Waals surface area contributed by atoms with Gasteiger partial charge in [0.2, 0.25) is 5.82 Å². The average Bonchev–Trinajstić information content (AvgIpc) is 3.08. The highest BCUT2D eigenvalue weighted by atomic mass is 16.3. The Morgan fingerprint density at radius 2 is 1.74 bits per heavy atom. The van der Waals surface area contributed by atoms with Crippen LogP contribution in [0.25, 0.3) is 11.3 Å². The smallest absolute Gasteiger partial charge is 0.206 e. The van der Waals surface area contributed by atoms with Crippen LogP contribution >= 0.6 is 0 Å². The molecule has 0 unspecified atom stereocenters. The number of aromatic nitrogens is 4. The molecular weight excluding hydrogens is 428 g/mol. The summed E-state index contributed by atoms with van der Waals surface area (Å²) in [7, 11) is 0. The first kappa shape index (κ1) is 21.9. The monoisotopic (exact) mass is 456 g/mol. The third-order valence-corrected chi connectivity index (χ3v) is 6.23. The number of para-hydroxylation sites is 1. The van der Waals surface area contributed by atoms with E-state index in [-0.39, 0.29) is 5.75 Å². The van der Waals surface area contributed by atoms with Crippen molar-refractivity contribution in [2.24, 2.45) is 0 Å².